The van der Waals surface area contributed by atoms with Gasteiger partial charge in [-0.15, -0.1) is 0 Å². The highest BCUT2D eigenvalue weighted by Crippen LogP contribution is 2.38. The van der Waals surface area contributed by atoms with Crippen molar-refractivity contribution in [3.05, 3.63) is 77.9 Å². The van der Waals surface area contributed by atoms with Crippen LogP contribution in [0, 0.1) is 5.82 Å². The smallest absolute Gasteiger partial charge is 0.149 e. The molecule has 5 heteroatoms. The third kappa shape index (κ3) is 2.34. The standard InChI is InChI=1S/C19H16FN3O/c1-24-18-5-3-2-4-17(18)22-13-11-19-21-12-10-16(23(19)22)14-6-8-15(20)9-7-14/h2-12H,13H2,1H3. The first-order valence-electron chi connectivity index (χ1n) is 7.69. The van der Waals surface area contributed by atoms with Crippen molar-refractivity contribution in [3.8, 4) is 5.75 Å². The molecule has 0 N–H and O–H groups in total. The molecular weight excluding hydrogens is 305 g/mol. The zero-order valence-electron chi connectivity index (χ0n) is 13.2. The van der Waals surface area contributed by atoms with Gasteiger partial charge in [0.25, 0.3) is 0 Å². The molecule has 0 aliphatic carbocycles. The Morgan fingerprint density at radius 3 is 2.67 bits per heavy atom. The van der Waals surface area contributed by atoms with Gasteiger partial charge in [0.15, 0.2) is 0 Å². The highest BCUT2D eigenvalue weighted by molar-refractivity contribution is 5.88. The van der Waals surface area contributed by atoms with Gasteiger partial charge in [0.05, 0.1) is 19.4 Å². The molecule has 2 aliphatic heterocycles. The molecule has 0 saturated carbocycles. The highest BCUT2D eigenvalue weighted by atomic mass is 19.1. The average Bonchev–Trinajstić information content (AvgIpc) is 3.06. The van der Waals surface area contributed by atoms with E-state index in [-0.39, 0.29) is 5.82 Å². The van der Waals surface area contributed by atoms with Gasteiger partial charge in [-0.3, -0.25) is 5.01 Å². The molecule has 0 atom stereocenters. The summed E-state index contributed by atoms with van der Waals surface area (Å²) < 4.78 is 18.8. The van der Waals surface area contributed by atoms with E-state index in [1.165, 1.54) is 12.1 Å². The lowest BCUT2D eigenvalue weighted by Gasteiger charge is -2.36. The summed E-state index contributed by atoms with van der Waals surface area (Å²) in [6.07, 6.45) is 5.75. The van der Waals surface area contributed by atoms with Crippen molar-refractivity contribution in [3.63, 3.8) is 0 Å². The Bertz CT molecular complexity index is 855. The number of aliphatic imine (C=N–C) groups is 1. The van der Waals surface area contributed by atoms with Crippen LogP contribution in [-0.4, -0.2) is 24.9 Å². The third-order valence-corrected chi connectivity index (χ3v) is 4.08. The zero-order valence-corrected chi connectivity index (χ0v) is 13.2. The van der Waals surface area contributed by atoms with Crippen LogP contribution in [0.25, 0.3) is 5.70 Å². The summed E-state index contributed by atoms with van der Waals surface area (Å²) in [6.45, 7) is 0.686. The van der Waals surface area contributed by atoms with Crippen molar-refractivity contribution in [2.24, 2.45) is 4.99 Å². The molecule has 0 amide bonds. The lowest BCUT2D eigenvalue weighted by Crippen LogP contribution is -2.37. The van der Waals surface area contributed by atoms with Crippen LogP contribution in [-0.2, 0) is 0 Å². The molecular formula is C19H16FN3O. The number of halogens is 1. The molecule has 2 aromatic carbocycles. The van der Waals surface area contributed by atoms with Crippen molar-refractivity contribution < 1.29 is 9.13 Å². The molecule has 2 heterocycles. The Morgan fingerprint density at radius 1 is 1.08 bits per heavy atom. The van der Waals surface area contributed by atoms with Crippen LogP contribution in [0.2, 0.25) is 0 Å². The van der Waals surface area contributed by atoms with Crippen LogP contribution >= 0.6 is 0 Å². The summed E-state index contributed by atoms with van der Waals surface area (Å²) in [7, 11) is 1.66. The number of ether oxygens (including phenoxy) is 1. The SMILES string of the molecule is COc1ccccc1N1CC=C2N=CC=C(c3ccc(F)cc3)N21. The second-order valence-electron chi connectivity index (χ2n) is 5.47. The van der Waals surface area contributed by atoms with E-state index in [2.05, 4.69) is 16.1 Å². The predicted molar refractivity (Wildman–Crippen MR) is 93.1 cm³/mol. The Labute approximate surface area is 139 Å². The van der Waals surface area contributed by atoms with Crippen LogP contribution in [0.1, 0.15) is 5.56 Å². The molecule has 0 unspecified atom stereocenters. The number of hydrazine groups is 1. The van der Waals surface area contributed by atoms with Crippen molar-refractivity contribution in [1.82, 2.24) is 5.01 Å². The van der Waals surface area contributed by atoms with Crippen molar-refractivity contribution in [2.45, 2.75) is 0 Å². The lowest BCUT2D eigenvalue weighted by molar-refractivity contribution is 0.405. The molecule has 4 rings (SSSR count). The lowest BCUT2D eigenvalue weighted by atomic mass is 10.1. The largest absolute Gasteiger partial charge is 0.495 e. The first kappa shape index (κ1) is 14.5. The summed E-state index contributed by atoms with van der Waals surface area (Å²) in [6, 6.07) is 14.3. The van der Waals surface area contributed by atoms with Crippen LogP contribution in [0.4, 0.5) is 10.1 Å². The average molecular weight is 321 g/mol. The van der Waals surface area contributed by atoms with Gasteiger partial charge < -0.3 is 4.74 Å². The van der Waals surface area contributed by atoms with Gasteiger partial charge in [0.1, 0.15) is 23.1 Å². The number of rotatable bonds is 3. The maximum Gasteiger partial charge on any atom is 0.149 e. The van der Waals surface area contributed by atoms with E-state index in [4.69, 9.17) is 4.74 Å². The first-order valence-corrected chi connectivity index (χ1v) is 7.69. The number of methoxy groups -OCH3 is 1. The van der Waals surface area contributed by atoms with Gasteiger partial charge in [0.2, 0.25) is 0 Å². The molecule has 0 saturated heterocycles. The quantitative estimate of drug-likeness (QED) is 0.860. The predicted octanol–water partition coefficient (Wildman–Crippen LogP) is 3.84. The van der Waals surface area contributed by atoms with Crippen molar-refractivity contribution in [1.29, 1.82) is 0 Å². The van der Waals surface area contributed by atoms with Gasteiger partial charge in [-0.25, -0.2) is 14.4 Å². The molecule has 0 fully saturated rings. The maximum atomic E-state index is 13.3. The summed E-state index contributed by atoms with van der Waals surface area (Å²) in [5.41, 5.74) is 2.83. The fourth-order valence-electron chi connectivity index (χ4n) is 2.96. The minimum Gasteiger partial charge on any atom is -0.495 e. The van der Waals surface area contributed by atoms with E-state index in [0.717, 1.165) is 28.5 Å². The number of nitrogens with zero attached hydrogens (tertiary/aromatic N) is 3. The molecule has 0 radical (unpaired) electrons. The summed E-state index contributed by atoms with van der Waals surface area (Å²) in [4.78, 5) is 4.45. The molecule has 2 aliphatic rings. The van der Waals surface area contributed by atoms with Crippen LogP contribution in [0.15, 0.2) is 71.5 Å². The molecule has 0 bridgehead atoms. The molecule has 0 aromatic heterocycles. The molecule has 4 nitrogen and oxygen atoms in total. The zero-order chi connectivity index (χ0) is 16.5. The van der Waals surface area contributed by atoms with E-state index in [1.54, 1.807) is 25.5 Å². The number of anilines is 1. The van der Waals surface area contributed by atoms with Gasteiger partial charge in [-0.05, 0) is 48.6 Å². The van der Waals surface area contributed by atoms with E-state index >= 15 is 0 Å². The summed E-state index contributed by atoms with van der Waals surface area (Å²) in [5.74, 6) is 1.39. The molecule has 2 aromatic rings. The topological polar surface area (TPSA) is 28.1 Å². The number of para-hydroxylation sites is 2. The van der Waals surface area contributed by atoms with E-state index in [0.29, 0.717) is 6.54 Å². The number of hydrogen-bond donors (Lipinski definition) is 0. The molecule has 24 heavy (non-hydrogen) atoms. The number of allylic oxidation sites excluding steroid dienone is 1. The fraction of sp³-hybridized carbons (Fsp3) is 0.105. The van der Waals surface area contributed by atoms with E-state index in [1.807, 2.05) is 35.4 Å². The van der Waals surface area contributed by atoms with Crippen molar-refractivity contribution in [2.75, 3.05) is 18.7 Å². The monoisotopic (exact) mass is 321 g/mol. The van der Waals surface area contributed by atoms with E-state index < -0.39 is 0 Å². The number of benzene rings is 2. The van der Waals surface area contributed by atoms with Gasteiger partial charge in [0, 0.05) is 11.8 Å². The summed E-state index contributed by atoms with van der Waals surface area (Å²) >= 11 is 0. The second-order valence-corrected chi connectivity index (χ2v) is 5.47. The number of fused-ring (bicyclic) bond motifs is 1. The Morgan fingerprint density at radius 2 is 1.88 bits per heavy atom. The maximum absolute atomic E-state index is 13.3. The van der Waals surface area contributed by atoms with Crippen LogP contribution in [0.3, 0.4) is 0 Å². The second kappa shape index (κ2) is 5.85. The van der Waals surface area contributed by atoms with Gasteiger partial charge in [-0.2, -0.15) is 0 Å². The van der Waals surface area contributed by atoms with Gasteiger partial charge >= 0.3 is 0 Å². The highest BCUT2D eigenvalue weighted by Gasteiger charge is 2.30. The number of hydrogen-bond acceptors (Lipinski definition) is 4. The van der Waals surface area contributed by atoms with E-state index in [9.17, 15) is 4.39 Å². The molecule has 120 valence electrons. The normalized spacial score (nSPS) is 15.9. The van der Waals surface area contributed by atoms with Crippen LogP contribution in [0.5, 0.6) is 5.75 Å². The minimum atomic E-state index is -0.248. The minimum absolute atomic E-state index is 0.248. The third-order valence-electron chi connectivity index (χ3n) is 4.08. The first-order chi connectivity index (χ1) is 11.8. The summed E-state index contributed by atoms with van der Waals surface area (Å²) in [5, 5.41) is 4.13. The van der Waals surface area contributed by atoms with Crippen molar-refractivity contribution >= 4 is 17.6 Å². The Balaban J connectivity index is 1.76. The van der Waals surface area contributed by atoms with Crippen LogP contribution < -0.4 is 9.75 Å². The Hall–Kier alpha value is -3.08. The molecule has 0 spiro atoms. The fourth-order valence-corrected chi connectivity index (χ4v) is 2.96. The van der Waals surface area contributed by atoms with Gasteiger partial charge in [-0.1, -0.05) is 12.1 Å². The Kier molecular flexibility index (Phi) is 3.54.